The first kappa shape index (κ1) is 18.1. The molecular formula is C16H24IN3O. The van der Waals surface area contributed by atoms with Gasteiger partial charge in [-0.3, -0.25) is 0 Å². The second kappa shape index (κ2) is 7.89. The topological polar surface area (TPSA) is 35.0 Å². The summed E-state index contributed by atoms with van der Waals surface area (Å²) < 4.78 is 6.90. The highest BCUT2D eigenvalue weighted by Gasteiger charge is 2.16. The first-order chi connectivity index (χ1) is 9.59. The molecule has 0 unspecified atom stereocenters. The molecule has 116 valence electrons. The lowest BCUT2D eigenvalue weighted by atomic mass is 10.1. The van der Waals surface area contributed by atoms with Crippen molar-refractivity contribution in [3.05, 3.63) is 30.0 Å². The third kappa shape index (κ3) is 4.26. The van der Waals surface area contributed by atoms with Crippen molar-refractivity contribution in [2.75, 3.05) is 33.3 Å². The average Bonchev–Trinajstić information content (AvgIpc) is 2.49. The number of quaternary nitrogens is 1. The van der Waals surface area contributed by atoms with E-state index in [1.54, 1.807) is 0 Å². The summed E-state index contributed by atoms with van der Waals surface area (Å²) in [6, 6.07) is 8.13. The number of hydrogen-bond donors (Lipinski definition) is 0. The zero-order chi connectivity index (χ0) is 14.6. The molecule has 0 amide bonds. The molecule has 0 N–H and O–H groups in total. The summed E-state index contributed by atoms with van der Waals surface area (Å²) in [7, 11) is 2.25. The minimum absolute atomic E-state index is 0. The quantitative estimate of drug-likeness (QED) is 0.497. The van der Waals surface area contributed by atoms with Crippen molar-refractivity contribution in [3.63, 3.8) is 0 Å². The number of halogens is 1. The lowest BCUT2D eigenvalue weighted by molar-refractivity contribution is -0.906. The zero-order valence-electron chi connectivity index (χ0n) is 13.3. The smallest absolute Gasteiger partial charge is 0.241 e. The second-order valence-corrected chi connectivity index (χ2v) is 5.46. The van der Waals surface area contributed by atoms with Crippen LogP contribution in [0, 0.1) is 6.92 Å². The van der Waals surface area contributed by atoms with Crippen molar-refractivity contribution < 1.29 is 33.2 Å². The van der Waals surface area contributed by atoms with Crippen LogP contribution in [-0.2, 0) is 0 Å². The average molecular weight is 401 g/mol. The Labute approximate surface area is 144 Å². The van der Waals surface area contributed by atoms with E-state index in [-0.39, 0.29) is 24.0 Å². The number of aromatic nitrogens is 2. The Kier molecular flexibility index (Phi) is 6.80. The third-order valence-corrected chi connectivity index (χ3v) is 4.23. The number of benzene rings is 1. The number of likely N-dealkylation sites (N-methyl/N-ethyl adjacent to an activating group) is 1. The van der Waals surface area contributed by atoms with Gasteiger partial charge in [-0.25, -0.2) is 0 Å². The highest BCUT2D eigenvalue weighted by atomic mass is 127. The van der Waals surface area contributed by atoms with Crippen LogP contribution in [0.15, 0.2) is 24.3 Å². The number of nitrogens with zero attached hydrogens (tertiary/aromatic N) is 3. The lowest BCUT2D eigenvalue weighted by Gasteiger charge is -2.31. The largest absolute Gasteiger partial charge is 1.00 e. The van der Waals surface area contributed by atoms with Gasteiger partial charge in [0.15, 0.2) is 0 Å². The normalized spacial score (nSPS) is 11.2. The van der Waals surface area contributed by atoms with Crippen LogP contribution in [0.5, 0.6) is 5.88 Å². The summed E-state index contributed by atoms with van der Waals surface area (Å²) in [5.74, 6) is 0.643. The van der Waals surface area contributed by atoms with Crippen molar-refractivity contribution in [2.45, 2.75) is 20.8 Å². The Hall–Kier alpha value is -0.950. The summed E-state index contributed by atoms with van der Waals surface area (Å²) in [6.07, 6.45) is 0. The van der Waals surface area contributed by atoms with Crippen molar-refractivity contribution in [1.82, 2.24) is 10.2 Å². The van der Waals surface area contributed by atoms with E-state index in [4.69, 9.17) is 4.74 Å². The van der Waals surface area contributed by atoms with Crippen molar-refractivity contribution in [3.8, 4) is 5.88 Å². The van der Waals surface area contributed by atoms with E-state index in [1.165, 1.54) is 0 Å². The van der Waals surface area contributed by atoms with E-state index in [2.05, 4.69) is 37.2 Å². The molecule has 2 rings (SSSR count). The van der Waals surface area contributed by atoms with E-state index in [9.17, 15) is 0 Å². The molecular weight excluding hydrogens is 377 g/mol. The minimum atomic E-state index is 0. The maximum Gasteiger partial charge on any atom is 0.241 e. The molecule has 0 saturated heterocycles. The van der Waals surface area contributed by atoms with Gasteiger partial charge in [-0.2, -0.15) is 5.10 Å². The lowest BCUT2D eigenvalue weighted by Crippen LogP contribution is -3.00. The molecule has 0 saturated carbocycles. The van der Waals surface area contributed by atoms with Crippen molar-refractivity contribution >= 4 is 10.8 Å². The van der Waals surface area contributed by atoms with E-state index < -0.39 is 0 Å². The van der Waals surface area contributed by atoms with Gasteiger partial charge >= 0.3 is 0 Å². The molecule has 0 aliphatic heterocycles. The predicted molar refractivity (Wildman–Crippen MR) is 81.9 cm³/mol. The molecule has 2 aromatic rings. The highest BCUT2D eigenvalue weighted by Crippen LogP contribution is 2.24. The molecule has 0 spiro atoms. The third-order valence-electron chi connectivity index (χ3n) is 4.23. The molecule has 0 fully saturated rings. The van der Waals surface area contributed by atoms with E-state index >= 15 is 0 Å². The number of aryl methyl sites for hydroxylation is 1. The maximum atomic E-state index is 5.88. The van der Waals surface area contributed by atoms with Gasteiger partial charge in [-0.05, 0) is 26.8 Å². The first-order valence-electron chi connectivity index (χ1n) is 7.28. The molecule has 21 heavy (non-hydrogen) atoms. The van der Waals surface area contributed by atoms with Crippen molar-refractivity contribution in [2.24, 2.45) is 0 Å². The van der Waals surface area contributed by atoms with Crippen LogP contribution in [0.3, 0.4) is 0 Å². The molecule has 4 nitrogen and oxygen atoms in total. The van der Waals surface area contributed by atoms with Crippen LogP contribution in [0.4, 0.5) is 0 Å². The molecule has 0 radical (unpaired) electrons. The Morgan fingerprint density at radius 1 is 1.05 bits per heavy atom. The van der Waals surface area contributed by atoms with Gasteiger partial charge in [0.1, 0.15) is 13.2 Å². The molecule has 0 aliphatic rings. The van der Waals surface area contributed by atoms with Crippen LogP contribution >= 0.6 is 0 Å². The molecule has 1 heterocycles. The van der Waals surface area contributed by atoms with Crippen LogP contribution < -0.4 is 28.7 Å². The SMILES string of the molecule is CC[N+](C)(CC)CCOc1nnc(C)c2ccccc12.[I-]. The first-order valence-corrected chi connectivity index (χ1v) is 7.28. The van der Waals surface area contributed by atoms with Gasteiger partial charge in [0, 0.05) is 10.8 Å². The van der Waals surface area contributed by atoms with Crippen LogP contribution in [-0.4, -0.2) is 48.0 Å². The molecule has 0 atom stereocenters. The Bertz CT molecular complexity index is 585. The predicted octanol–water partition coefficient (Wildman–Crippen LogP) is -0.193. The Morgan fingerprint density at radius 2 is 1.67 bits per heavy atom. The fraction of sp³-hybridized carbons (Fsp3) is 0.500. The number of hydrogen-bond acceptors (Lipinski definition) is 3. The molecule has 1 aromatic heterocycles. The maximum absolute atomic E-state index is 5.88. The van der Waals surface area contributed by atoms with Gasteiger partial charge < -0.3 is 33.2 Å². The number of rotatable bonds is 6. The van der Waals surface area contributed by atoms with Gasteiger partial charge in [-0.1, -0.05) is 18.2 Å². The summed E-state index contributed by atoms with van der Waals surface area (Å²) in [6.45, 7) is 10.3. The van der Waals surface area contributed by atoms with Gasteiger partial charge in [-0.15, -0.1) is 5.10 Å². The van der Waals surface area contributed by atoms with Gasteiger partial charge in [0.05, 0.1) is 25.8 Å². The summed E-state index contributed by atoms with van der Waals surface area (Å²) in [4.78, 5) is 0. The Morgan fingerprint density at radius 3 is 2.29 bits per heavy atom. The fourth-order valence-corrected chi connectivity index (χ4v) is 2.22. The fourth-order valence-electron chi connectivity index (χ4n) is 2.22. The molecule has 5 heteroatoms. The number of ether oxygens (including phenoxy) is 1. The molecule has 0 aliphatic carbocycles. The zero-order valence-corrected chi connectivity index (χ0v) is 15.4. The van der Waals surface area contributed by atoms with E-state index in [1.807, 2.05) is 25.1 Å². The summed E-state index contributed by atoms with van der Waals surface area (Å²) in [5.41, 5.74) is 0.940. The summed E-state index contributed by atoms with van der Waals surface area (Å²) in [5, 5.41) is 10.5. The van der Waals surface area contributed by atoms with Gasteiger partial charge in [0.25, 0.3) is 0 Å². The minimum Gasteiger partial charge on any atom is -1.00 e. The van der Waals surface area contributed by atoms with Gasteiger partial charge in [0.2, 0.25) is 5.88 Å². The van der Waals surface area contributed by atoms with E-state index in [0.717, 1.165) is 40.6 Å². The standard InChI is InChI=1S/C16H24N3O.HI/c1-5-19(4,6-2)11-12-20-16-15-10-8-7-9-14(15)13(3)17-18-16;/h7-10H,5-6,11-12H2,1-4H3;1H/q+1;/p-1. The monoisotopic (exact) mass is 401 g/mol. The summed E-state index contributed by atoms with van der Waals surface area (Å²) >= 11 is 0. The second-order valence-electron chi connectivity index (χ2n) is 5.46. The number of fused-ring (bicyclic) bond motifs is 1. The Balaban J connectivity index is 0.00000220. The van der Waals surface area contributed by atoms with Crippen molar-refractivity contribution in [1.29, 1.82) is 0 Å². The molecule has 0 bridgehead atoms. The van der Waals surface area contributed by atoms with Crippen LogP contribution in [0.25, 0.3) is 10.8 Å². The molecule has 1 aromatic carbocycles. The van der Waals surface area contributed by atoms with Crippen LogP contribution in [0.2, 0.25) is 0 Å². The van der Waals surface area contributed by atoms with Crippen LogP contribution in [0.1, 0.15) is 19.5 Å². The highest BCUT2D eigenvalue weighted by molar-refractivity contribution is 5.88. The van der Waals surface area contributed by atoms with E-state index in [0.29, 0.717) is 12.5 Å².